The van der Waals surface area contributed by atoms with Crippen molar-refractivity contribution in [1.82, 2.24) is 15.2 Å². The van der Waals surface area contributed by atoms with Gasteiger partial charge in [-0.05, 0) is 43.9 Å². The minimum atomic E-state index is 0.587. The van der Waals surface area contributed by atoms with E-state index in [2.05, 4.69) is 46.4 Å². The lowest BCUT2D eigenvalue weighted by molar-refractivity contribution is 0.113. The molecule has 1 aromatic carbocycles. The van der Waals surface area contributed by atoms with Crippen LogP contribution in [0.3, 0.4) is 0 Å². The van der Waals surface area contributed by atoms with Crippen LogP contribution in [0.25, 0.3) is 10.9 Å². The van der Waals surface area contributed by atoms with E-state index in [4.69, 9.17) is 0 Å². The number of nitrogens with zero attached hydrogens (tertiary/aromatic N) is 1. The smallest absolute Gasteiger partial charge is 0.0516 e. The van der Waals surface area contributed by atoms with Gasteiger partial charge in [0.15, 0.2) is 0 Å². The van der Waals surface area contributed by atoms with Crippen LogP contribution in [0.1, 0.15) is 43.5 Å². The molecule has 0 radical (unpaired) electrons. The first-order valence-corrected chi connectivity index (χ1v) is 8.43. The van der Waals surface area contributed by atoms with Gasteiger partial charge < -0.3 is 10.3 Å². The molecule has 112 valence electrons. The van der Waals surface area contributed by atoms with Crippen LogP contribution < -0.4 is 5.32 Å². The van der Waals surface area contributed by atoms with Crippen molar-refractivity contribution in [1.29, 1.82) is 0 Å². The van der Waals surface area contributed by atoms with E-state index in [1.165, 1.54) is 55.4 Å². The number of benzene rings is 1. The number of aromatic nitrogens is 1. The van der Waals surface area contributed by atoms with E-state index in [9.17, 15) is 0 Å². The number of hydrogen-bond donors (Lipinski definition) is 2. The maximum Gasteiger partial charge on any atom is 0.0516 e. The maximum absolute atomic E-state index is 3.73. The van der Waals surface area contributed by atoms with Gasteiger partial charge in [0.1, 0.15) is 0 Å². The highest BCUT2D eigenvalue weighted by atomic mass is 15.2. The summed E-state index contributed by atoms with van der Waals surface area (Å²) in [4.78, 5) is 6.40. The summed E-state index contributed by atoms with van der Waals surface area (Å²) >= 11 is 0. The lowest BCUT2D eigenvalue weighted by Gasteiger charge is -2.42. The number of H-pyrrole nitrogens is 1. The number of para-hydroxylation sites is 1. The minimum Gasteiger partial charge on any atom is -0.357 e. The number of rotatable bonds is 3. The Balaban J connectivity index is 1.65. The third-order valence-corrected chi connectivity index (χ3v) is 5.23. The van der Waals surface area contributed by atoms with Crippen LogP contribution in [0.15, 0.2) is 24.3 Å². The maximum atomic E-state index is 3.73. The Morgan fingerprint density at radius 3 is 3.10 bits per heavy atom. The largest absolute Gasteiger partial charge is 0.357 e. The summed E-state index contributed by atoms with van der Waals surface area (Å²) in [6.45, 7) is 5.86. The second kappa shape index (κ2) is 5.47. The van der Waals surface area contributed by atoms with Crippen molar-refractivity contribution in [2.75, 3.05) is 19.6 Å². The Kier molecular flexibility index (Phi) is 3.48. The first kappa shape index (κ1) is 13.4. The topological polar surface area (TPSA) is 31.1 Å². The first-order chi connectivity index (χ1) is 10.4. The molecule has 1 saturated heterocycles. The summed E-state index contributed by atoms with van der Waals surface area (Å²) in [5.74, 6) is 0. The summed E-state index contributed by atoms with van der Waals surface area (Å²) < 4.78 is 0. The minimum absolute atomic E-state index is 0.587. The molecule has 2 aliphatic heterocycles. The molecule has 3 heterocycles. The Morgan fingerprint density at radius 2 is 2.19 bits per heavy atom. The van der Waals surface area contributed by atoms with Gasteiger partial charge >= 0.3 is 0 Å². The van der Waals surface area contributed by atoms with Crippen LogP contribution in [0, 0.1) is 0 Å². The number of piperidine rings is 1. The first-order valence-electron chi connectivity index (χ1n) is 8.43. The number of aromatic amines is 1. The monoisotopic (exact) mass is 283 g/mol. The molecule has 0 aliphatic carbocycles. The molecule has 3 nitrogen and oxygen atoms in total. The van der Waals surface area contributed by atoms with Crippen LogP contribution in [0.5, 0.6) is 0 Å². The molecule has 0 unspecified atom stereocenters. The van der Waals surface area contributed by atoms with Gasteiger partial charge in [-0.25, -0.2) is 0 Å². The summed E-state index contributed by atoms with van der Waals surface area (Å²) in [5, 5.41) is 5.17. The second-order valence-corrected chi connectivity index (χ2v) is 6.54. The third-order valence-electron chi connectivity index (χ3n) is 5.23. The van der Waals surface area contributed by atoms with Gasteiger partial charge in [0.2, 0.25) is 0 Å². The predicted octanol–water partition coefficient (Wildman–Crippen LogP) is 3.23. The normalized spacial score (nSPS) is 25.8. The third kappa shape index (κ3) is 2.29. The van der Waals surface area contributed by atoms with Crippen molar-refractivity contribution in [2.45, 2.75) is 44.7 Å². The molecular weight excluding hydrogens is 258 g/mol. The van der Waals surface area contributed by atoms with Gasteiger partial charge in [0.25, 0.3) is 0 Å². The lowest BCUT2D eigenvalue weighted by Crippen LogP contribution is -2.47. The van der Waals surface area contributed by atoms with Crippen LogP contribution in [-0.4, -0.2) is 35.6 Å². The zero-order valence-corrected chi connectivity index (χ0v) is 12.9. The molecule has 0 spiro atoms. The van der Waals surface area contributed by atoms with Crippen molar-refractivity contribution in [3.05, 3.63) is 35.5 Å². The molecule has 21 heavy (non-hydrogen) atoms. The highest BCUT2D eigenvalue weighted by Gasteiger charge is 2.35. The van der Waals surface area contributed by atoms with Crippen molar-refractivity contribution in [3.8, 4) is 0 Å². The molecular formula is C18H25N3. The van der Waals surface area contributed by atoms with Crippen molar-refractivity contribution < 1.29 is 0 Å². The Hall–Kier alpha value is -1.32. The summed E-state index contributed by atoms with van der Waals surface area (Å²) in [7, 11) is 0. The predicted molar refractivity (Wildman–Crippen MR) is 87.6 cm³/mol. The Morgan fingerprint density at radius 1 is 1.29 bits per heavy atom. The highest BCUT2D eigenvalue weighted by Crippen LogP contribution is 2.39. The van der Waals surface area contributed by atoms with Crippen LogP contribution in [0.4, 0.5) is 0 Å². The van der Waals surface area contributed by atoms with E-state index in [1.54, 1.807) is 5.56 Å². The SMILES string of the molecule is CCCN[C@@H]1CCN2CCc3c([nH]c4ccccc34)[C@@H]2C1. The molecule has 2 aromatic rings. The fourth-order valence-corrected chi connectivity index (χ4v) is 4.15. The van der Waals surface area contributed by atoms with E-state index in [0.29, 0.717) is 12.1 Å². The number of fused-ring (bicyclic) bond motifs is 5. The van der Waals surface area contributed by atoms with Gasteiger partial charge in [0.05, 0.1) is 6.04 Å². The quantitative estimate of drug-likeness (QED) is 0.906. The molecule has 0 bridgehead atoms. The van der Waals surface area contributed by atoms with Crippen LogP contribution in [0.2, 0.25) is 0 Å². The van der Waals surface area contributed by atoms with E-state index in [1.807, 2.05) is 0 Å². The van der Waals surface area contributed by atoms with Gasteiger partial charge in [-0.1, -0.05) is 25.1 Å². The molecule has 3 heteroatoms. The molecule has 2 N–H and O–H groups in total. The average molecular weight is 283 g/mol. The fourth-order valence-electron chi connectivity index (χ4n) is 4.15. The fraction of sp³-hybridized carbons (Fsp3) is 0.556. The number of hydrogen-bond acceptors (Lipinski definition) is 2. The van der Waals surface area contributed by atoms with E-state index < -0.39 is 0 Å². The zero-order valence-electron chi connectivity index (χ0n) is 12.9. The zero-order chi connectivity index (χ0) is 14.2. The molecule has 4 rings (SSSR count). The summed E-state index contributed by atoms with van der Waals surface area (Å²) in [6.07, 6.45) is 4.97. The highest BCUT2D eigenvalue weighted by molar-refractivity contribution is 5.85. The van der Waals surface area contributed by atoms with Gasteiger partial charge in [-0.3, -0.25) is 4.90 Å². The standard InChI is InChI=1S/C18H25N3/c1-2-9-19-13-7-10-21-11-8-15-14-5-3-4-6-16(14)20-18(15)17(21)12-13/h3-6,13,17,19-20H,2,7-12H2,1H3/t13-,17+/m1/s1. The molecule has 1 fully saturated rings. The number of nitrogens with one attached hydrogen (secondary N) is 2. The average Bonchev–Trinajstić information content (AvgIpc) is 2.92. The van der Waals surface area contributed by atoms with Gasteiger partial charge in [-0.2, -0.15) is 0 Å². The van der Waals surface area contributed by atoms with E-state index in [0.717, 1.165) is 6.54 Å². The Bertz CT molecular complexity index is 630. The van der Waals surface area contributed by atoms with Crippen molar-refractivity contribution in [3.63, 3.8) is 0 Å². The van der Waals surface area contributed by atoms with Crippen LogP contribution in [-0.2, 0) is 6.42 Å². The molecule has 0 amide bonds. The molecule has 1 aromatic heterocycles. The van der Waals surface area contributed by atoms with Gasteiger partial charge in [0, 0.05) is 35.7 Å². The van der Waals surface area contributed by atoms with Crippen molar-refractivity contribution in [2.24, 2.45) is 0 Å². The lowest BCUT2D eigenvalue weighted by atomic mass is 9.88. The summed E-state index contributed by atoms with van der Waals surface area (Å²) in [5.41, 5.74) is 4.38. The van der Waals surface area contributed by atoms with Gasteiger partial charge in [-0.15, -0.1) is 0 Å². The Labute approximate surface area is 126 Å². The molecule has 0 saturated carbocycles. The van der Waals surface area contributed by atoms with E-state index >= 15 is 0 Å². The molecule has 2 aliphatic rings. The van der Waals surface area contributed by atoms with Crippen molar-refractivity contribution >= 4 is 10.9 Å². The second-order valence-electron chi connectivity index (χ2n) is 6.54. The van der Waals surface area contributed by atoms with Crippen LogP contribution >= 0.6 is 0 Å². The summed E-state index contributed by atoms with van der Waals surface area (Å²) in [6, 6.07) is 10.1. The van der Waals surface area contributed by atoms with E-state index in [-0.39, 0.29) is 0 Å². The molecule has 2 atom stereocenters.